The molecule has 0 aliphatic heterocycles. The van der Waals surface area contributed by atoms with E-state index in [-0.39, 0.29) is 12.5 Å². The van der Waals surface area contributed by atoms with E-state index in [1.165, 1.54) is 11.9 Å². The molecule has 0 bridgehead atoms. The summed E-state index contributed by atoms with van der Waals surface area (Å²) in [6.45, 7) is 5.04. The van der Waals surface area contributed by atoms with Crippen molar-refractivity contribution in [3.8, 4) is 0 Å². The highest BCUT2D eigenvalue weighted by Gasteiger charge is 2.28. The second-order valence-electron chi connectivity index (χ2n) is 10.0. The molecule has 0 saturated heterocycles. The average molecular weight is 486 g/mol. The van der Waals surface area contributed by atoms with Crippen molar-refractivity contribution in [3.63, 3.8) is 0 Å². The Morgan fingerprint density at radius 2 is 1.72 bits per heavy atom. The first-order chi connectivity index (χ1) is 17.1. The first kappa shape index (κ1) is 25.1. The van der Waals surface area contributed by atoms with Gasteiger partial charge in [-0.3, -0.25) is 9.59 Å². The lowest BCUT2D eigenvalue weighted by atomic mass is 10.0. The molecule has 4 rings (SSSR count). The molecule has 186 valence electrons. The van der Waals surface area contributed by atoms with E-state index in [9.17, 15) is 14.4 Å². The number of benzene rings is 2. The number of carbonyl (C=O) groups is 3. The Balaban J connectivity index is 1.55. The van der Waals surface area contributed by atoms with Gasteiger partial charge in [-0.15, -0.1) is 0 Å². The van der Waals surface area contributed by atoms with Gasteiger partial charge in [0.15, 0.2) is 6.61 Å². The fourth-order valence-corrected chi connectivity index (χ4v) is 4.33. The number of hydrogen-bond acceptors (Lipinski definition) is 5. The number of nitrogens with one attached hydrogen (secondary N) is 1. The van der Waals surface area contributed by atoms with Crippen LogP contribution in [-0.2, 0) is 20.7 Å². The minimum atomic E-state index is -0.563. The lowest BCUT2D eigenvalue weighted by Gasteiger charge is -2.23. The fraction of sp³-hybridized carbons (Fsp3) is 0.310. The molecule has 1 aromatic heterocycles. The van der Waals surface area contributed by atoms with E-state index < -0.39 is 24.0 Å². The van der Waals surface area contributed by atoms with Gasteiger partial charge in [0.05, 0.1) is 23.3 Å². The van der Waals surface area contributed by atoms with E-state index in [1.54, 1.807) is 0 Å². The molecular weight excluding hydrogens is 454 g/mol. The van der Waals surface area contributed by atoms with Gasteiger partial charge in [0, 0.05) is 18.0 Å². The first-order valence-electron chi connectivity index (χ1n) is 12.0. The number of esters is 1. The molecule has 0 saturated carbocycles. The van der Waals surface area contributed by atoms with Crippen molar-refractivity contribution in [1.29, 1.82) is 0 Å². The molecule has 0 atom stereocenters. The summed E-state index contributed by atoms with van der Waals surface area (Å²) in [7, 11) is 1.51. The zero-order valence-corrected chi connectivity index (χ0v) is 21.1. The number of fused-ring (bicyclic) bond motifs is 2. The SMILES string of the molecule is CN(CC(=O)NC(C)(C)C)C(=O)COC(=O)c1c2c(nc3ccccc13)/C(=C/c1ccccc1)CC2. The molecule has 1 heterocycles. The number of pyridine rings is 1. The molecule has 1 aliphatic carbocycles. The molecule has 0 radical (unpaired) electrons. The fourth-order valence-electron chi connectivity index (χ4n) is 4.33. The van der Waals surface area contributed by atoms with Crippen LogP contribution < -0.4 is 5.32 Å². The summed E-state index contributed by atoms with van der Waals surface area (Å²) < 4.78 is 5.47. The molecule has 0 fully saturated rings. The van der Waals surface area contributed by atoms with Crippen molar-refractivity contribution in [3.05, 3.63) is 77.0 Å². The Morgan fingerprint density at radius 1 is 1.03 bits per heavy atom. The van der Waals surface area contributed by atoms with Crippen LogP contribution in [0.25, 0.3) is 22.6 Å². The zero-order chi connectivity index (χ0) is 25.9. The zero-order valence-electron chi connectivity index (χ0n) is 21.1. The van der Waals surface area contributed by atoms with Gasteiger partial charge < -0.3 is 15.0 Å². The molecule has 7 nitrogen and oxygen atoms in total. The molecule has 2 amide bonds. The van der Waals surface area contributed by atoms with Gasteiger partial charge in [0.25, 0.3) is 5.91 Å². The van der Waals surface area contributed by atoms with Crippen molar-refractivity contribution in [2.75, 3.05) is 20.2 Å². The molecule has 0 spiro atoms. The lowest BCUT2D eigenvalue weighted by molar-refractivity contribution is -0.137. The summed E-state index contributed by atoms with van der Waals surface area (Å²) in [5.74, 6) is -1.29. The van der Waals surface area contributed by atoms with Crippen molar-refractivity contribution >= 4 is 40.3 Å². The highest BCUT2D eigenvalue weighted by atomic mass is 16.5. The summed E-state index contributed by atoms with van der Waals surface area (Å²) in [5, 5.41) is 3.51. The van der Waals surface area contributed by atoms with Crippen LogP contribution in [0.15, 0.2) is 54.6 Å². The molecule has 1 aliphatic rings. The number of carbonyl (C=O) groups excluding carboxylic acids is 3. The maximum Gasteiger partial charge on any atom is 0.339 e. The number of rotatable bonds is 6. The van der Waals surface area contributed by atoms with Crippen LogP contribution in [-0.4, -0.2) is 53.4 Å². The van der Waals surface area contributed by atoms with Crippen LogP contribution in [0.3, 0.4) is 0 Å². The Morgan fingerprint density at radius 3 is 2.44 bits per heavy atom. The number of likely N-dealkylation sites (N-methyl/N-ethyl adjacent to an activating group) is 1. The van der Waals surface area contributed by atoms with Gasteiger partial charge in [-0.1, -0.05) is 48.5 Å². The summed E-state index contributed by atoms with van der Waals surface area (Å²) in [4.78, 5) is 44.1. The number of nitrogens with zero attached hydrogens (tertiary/aromatic N) is 2. The Bertz CT molecular complexity index is 1340. The van der Waals surface area contributed by atoms with Crippen molar-refractivity contribution in [2.45, 2.75) is 39.2 Å². The first-order valence-corrected chi connectivity index (χ1v) is 12.0. The number of ether oxygens (including phenoxy) is 1. The predicted octanol–water partition coefficient (Wildman–Crippen LogP) is 4.25. The topological polar surface area (TPSA) is 88.6 Å². The van der Waals surface area contributed by atoms with E-state index in [1.807, 2.05) is 75.4 Å². The van der Waals surface area contributed by atoms with Crippen molar-refractivity contribution < 1.29 is 19.1 Å². The maximum atomic E-state index is 13.3. The number of aromatic nitrogens is 1. The minimum Gasteiger partial charge on any atom is -0.452 e. The van der Waals surface area contributed by atoms with Gasteiger partial charge in [0.1, 0.15) is 0 Å². The molecule has 36 heavy (non-hydrogen) atoms. The number of allylic oxidation sites excluding steroid dienone is 1. The largest absolute Gasteiger partial charge is 0.452 e. The standard InChI is InChI=1S/C29H31N3O4/c1-29(2,3)31-24(33)17-32(4)25(34)18-36-28(35)26-21-12-8-9-13-23(21)30-27-20(14-15-22(26)27)16-19-10-6-5-7-11-19/h5-13,16H,14-15,17-18H2,1-4H3,(H,31,33)/b20-16+. The third-order valence-electron chi connectivity index (χ3n) is 5.93. The van der Waals surface area contributed by atoms with Gasteiger partial charge in [0.2, 0.25) is 5.91 Å². The van der Waals surface area contributed by atoms with Crippen LogP contribution in [0, 0.1) is 0 Å². The molecule has 7 heteroatoms. The predicted molar refractivity (Wildman–Crippen MR) is 140 cm³/mol. The Hall–Kier alpha value is -4.00. The van der Waals surface area contributed by atoms with Crippen LogP contribution in [0.4, 0.5) is 0 Å². The summed E-state index contributed by atoms with van der Waals surface area (Å²) in [5.41, 5.74) is 4.53. The highest BCUT2D eigenvalue weighted by molar-refractivity contribution is 6.07. The number of amides is 2. The second-order valence-corrected chi connectivity index (χ2v) is 10.0. The highest BCUT2D eigenvalue weighted by Crippen LogP contribution is 2.37. The van der Waals surface area contributed by atoms with Crippen LogP contribution in [0.1, 0.15) is 54.4 Å². The molecular formula is C29H31N3O4. The minimum absolute atomic E-state index is 0.116. The van der Waals surface area contributed by atoms with Gasteiger partial charge in [-0.2, -0.15) is 0 Å². The van der Waals surface area contributed by atoms with E-state index in [2.05, 4.69) is 11.4 Å². The van der Waals surface area contributed by atoms with E-state index >= 15 is 0 Å². The summed E-state index contributed by atoms with van der Waals surface area (Å²) in [6, 6.07) is 17.5. The normalized spacial score (nSPS) is 13.9. The lowest BCUT2D eigenvalue weighted by Crippen LogP contribution is -2.46. The number of hydrogen-bond donors (Lipinski definition) is 1. The molecule has 0 unspecified atom stereocenters. The third kappa shape index (κ3) is 5.79. The quantitative estimate of drug-likeness (QED) is 0.528. The summed E-state index contributed by atoms with van der Waals surface area (Å²) in [6.07, 6.45) is 3.53. The second kappa shape index (κ2) is 10.3. The van der Waals surface area contributed by atoms with Gasteiger partial charge >= 0.3 is 5.97 Å². The van der Waals surface area contributed by atoms with E-state index in [0.29, 0.717) is 22.9 Å². The molecule has 3 aromatic rings. The van der Waals surface area contributed by atoms with E-state index in [4.69, 9.17) is 9.72 Å². The van der Waals surface area contributed by atoms with Crippen LogP contribution in [0.2, 0.25) is 0 Å². The van der Waals surface area contributed by atoms with Crippen molar-refractivity contribution in [1.82, 2.24) is 15.2 Å². The monoisotopic (exact) mass is 485 g/mol. The van der Waals surface area contributed by atoms with Crippen LogP contribution in [0.5, 0.6) is 0 Å². The van der Waals surface area contributed by atoms with E-state index in [0.717, 1.165) is 28.8 Å². The van der Waals surface area contributed by atoms with Gasteiger partial charge in [-0.05, 0) is 62.5 Å². The average Bonchev–Trinajstić information content (AvgIpc) is 3.22. The Labute approximate surface area is 211 Å². The molecule has 2 aromatic carbocycles. The summed E-state index contributed by atoms with van der Waals surface area (Å²) >= 11 is 0. The van der Waals surface area contributed by atoms with Crippen molar-refractivity contribution in [2.24, 2.45) is 0 Å². The third-order valence-corrected chi connectivity index (χ3v) is 5.93. The molecule has 1 N–H and O–H groups in total. The van der Waals surface area contributed by atoms with Crippen LogP contribution >= 0.6 is 0 Å². The Kier molecular flexibility index (Phi) is 7.20. The van der Waals surface area contributed by atoms with Gasteiger partial charge in [-0.25, -0.2) is 9.78 Å². The number of para-hydroxylation sites is 1. The maximum absolute atomic E-state index is 13.3. The smallest absolute Gasteiger partial charge is 0.339 e.